The third-order valence-corrected chi connectivity index (χ3v) is 3.29. The Kier molecular flexibility index (Phi) is 6.24. The van der Waals surface area contributed by atoms with Crippen molar-refractivity contribution < 1.29 is 23.5 Å². The molecule has 24 heavy (non-hydrogen) atoms. The van der Waals surface area contributed by atoms with Gasteiger partial charge in [-0.2, -0.15) is 0 Å². The molecular formula is C17H20N2O5. The van der Waals surface area contributed by atoms with Gasteiger partial charge in [0.25, 0.3) is 5.91 Å². The lowest BCUT2D eigenvalue weighted by atomic mass is 10.1. The number of hydrogen-bond donors (Lipinski definition) is 2. The maximum atomic E-state index is 11.9. The number of carbonyl (C=O) groups excluding carboxylic acids is 2. The number of benzene rings is 1. The van der Waals surface area contributed by atoms with Crippen LogP contribution in [0.4, 0.5) is 0 Å². The normalized spacial score (nSPS) is 10.1. The van der Waals surface area contributed by atoms with Gasteiger partial charge in [0.05, 0.1) is 26.9 Å². The molecule has 2 amide bonds. The molecule has 0 saturated carbocycles. The summed E-state index contributed by atoms with van der Waals surface area (Å²) in [5, 5.41) is 5.40. The third kappa shape index (κ3) is 4.77. The van der Waals surface area contributed by atoms with E-state index >= 15 is 0 Å². The fourth-order valence-electron chi connectivity index (χ4n) is 2.11. The van der Waals surface area contributed by atoms with Crippen molar-refractivity contribution in [2.75, 3.05) is 27.3 Å². The highest BCUT2D eigenvalue weighted by atomic mass is 16.5. The first-order valence-corrected chi connectivity index (χ1v) is 7.43. The first-order chi connectivity index (χ1) is 11.6. The van der Waals surface area contributed by atoms with E-state index in [-0.39, 0.29) is 24.0 Å². The van der Waals surface area contributed by atoms with Crippen LogP contribution in [0.15, 0.2) is 41.0 Å². The first-order valence-electron chi connectivity index (χ1n) is 7.43. The van der Waals surface area contributed by atoms with Crippen LogP contribution in [0.25, 0.3) is 0 Å². The van der Waals surface area contributed by atoms with E-state index in [1.807, 2.05) is 0 Å². The van der Waals surface area contributed by atoms with E-state index in [1.165, 1.54) is 6.26 Å². The lowest BCUT2D eigenvalue weighted by Gasteiger charge is -2.10. The van der Waals surface area contributed by atoms with Gasteiger partial charge in [0.2, 0.25) is 5.91 Å². The number of nitrogens with one attached hydrogen (secondary N) is 2. The zero-order valence-electron chi connectivity index (χ0n) is 13.6. The van der Waals surface area contributed by atoms with E-state index < -0.39 is 0 Å². The van der Waals surface area contributed by atoms with Crippen molar-refractivity contribution >= 4 is 11.8 Å². The van der Waals surface area contributed by atoms with Crippen LogP contribution in [0.1, 0.15) is 16.1 Å². The van der Waals surface area contributed by atoms with Crippen molar-refractivity contribution in [3.63, 3.8) is 0 Å². The second-order valence-electron chi connectivity index (χ2n) is 4.95. The second-order valence-corrected chi connectivity index (χ2v) is 4.95. The van der Waals surface area contributed by atoms with E-state index in [0.29, 0.717) is 24.6 Å². The quantitative estimate of drug-likeness (QED) is 0.713. The van der Waals surface area contributed by atoms with Crippen molar-refractivity contribution in [1.82, 2.24) is 10.6 Å². The first kappa shape index (κ1) is 17.4. The Hall–Kier alpha value is -2.96. The zero-order chi connectivity index (χ0) is 17.4. The molecule has 0 saturated heterocycles. The molecular weight excluding hydrogens is 312 g/mol. The van der Waals surface area contributed by atoms with E-state index in [0.717, 1.165) is 5.56 Å². The highest BCUT2D eigenvalue weighted by Gasteiger charge is 2.09. The summed E-state index contributed by atoms with van der Waals surface area (Å²) in [5.74, 6) is 0.978. The maximum Gasteiger partial charge on any atom is 0.287 e. The summed E-state index contributed by atoms with van der Waals surface area (Å²) in [6.07, 6.45) is 1.65. The highest BCUT2D eigenvalue weighted by Crippen LogP contribution is 2.27. The maximum absolute atomic E-state index is 11.9. The Balaban J connectivity index is 1.74. The molecule has 0 atom stereocenters. The summed E-state index contributed by atoms with van der Waals surface area (Å²) in [6.45, 7) is 0.649. The van der Waals surface area contributed by atoms with E-state index in [9.17, 15) is 9.59 Å². The number of amides is 2. The van der Waals surface area contributed by atoms with Gasteiger partial charge in [0.1, 0.15) is 0 Å². The average Bonchev–Trinajstić information content (AvgIpc) is 3.13. The van der Waals surface area contributed by atoms with Crippen LogP contribution in [0.5, 0.6) is 11.5 Å². The van der Waals surface area contributed by atoms with Crippen LogP contribution >= 0.6 is 0 Å². The monoisotopic (exact) mass is 332 g/mol. The largest absolute Gasteiger partial charge is 0.493 e. The van der Waals surface area contributed by atoms with Crippen molar-refractivity contribution in [3.05, 3.63) is 47.9 Å². The third-order valence-electron chi connectivity index (χ3n) is 3.29. The fraction of sp³-hybridized carbons (Fsp3) is 0.294. The molecule has 1 aromatic carbocycles. The van der Waals surface area contributed by atoms with Crippen molar-refractivity contribution in [2.45, 2.75) is 6.42 Å². The van der Waals surface area contributed by atoms with Gasteiger partial charge in [0.15, 0.2) is 17.3 Å². The fourth-order valence-corrected chi connectivity index (χ4v) is 2.11. The van der Waals surface area contributed by atoms with Crippen molar-refractivity contribution in [3.8, 4) is 11.5 Å². The summed E-state index contributed by atoms with van der Waals surface area (Å²) in [5.41, 5.74) is 0.810. The molecule has 1 aromatic heterocycles. The molecule has 7 heteroatoms. The molecule has 2 aromatic rings. The number of ether oxygens (including phenoxy) is 2. The van der Waals surface area contributed by atoms with Crippen molar-refractivity contribution in [2.24, 2.45) is 0 Å². The van der Waals surface area contributed by atoms with Gasteiger partial charge in [-0.05, 0) is 29.8 Å². The van der Waals surface area contributed by atoms with Crippen LogP contribution in [0.2, 0.25) is 0 Å². The minimum absolute atomic E-state index is 0.144. The molecule has 1 heterocycles. The van der Waals surface area contributed by atoms with Crippen LogP contribution in [-0.4, -0.2) is 39.1 Å². The lowest BCUT2D eigenvalue weighted by molar-refractivity contribution is -0.120. The summed E-state index contributed by atoms with van der Waals surface area (Å²) in [7, 11) is 3.10. The Morgan fingerprint density at radius 2 is 1.79 bits per heavy atom. The van der Waals surface area contributed by atoms with Gasteiger partial charge in [0, 0.05) is 13.1 Å². The second kappa shape index (κ2) is 8.61. The molecule has 2 N–H and O–H groups in total. The number of hydrogen-bond acceptors (Lipinski definition) is 5. The van der Waals surface area contributed by atoms with Gasteiger partial charge in [-0.15, -0.1) is 0 Å². The summed E-state index contributed by atoms with van der Waals surface area (Å²) >= 11 is 0. The molecule has 0 spiro atoms. The highest BCUT2D eigenvalue weighted by molar-refractivity contribution is 5.91. The zero-order valence-corrected chi connectivity index (χ0v) is 13.6. The molecule has 0 aliphatic carbocycles. The van der Waals surface area contributed by atoms with E-state index in [1.54, 1.807) is 44.6 Å². The predicted octanol–water partition coefficient (Wildman–Crippen LogP) is 1.39. The van der Waals surface area contributed by atoms with Gasteiger partial charge in [-0.3, -0.25) is 9.59 Å². The molecule has 0 bridgehead atoms. The van der Waals surface area contributed by atoms with Crippen LogP contribution < -0.4 is 20.1 Å². The van der Waals surface area contributed by atoms with E-state index in [2.05, 4.69) is 10.6 Å². The minimum Gasteiger partial charge on any atom is -0.493 e. The molecule has 0 radical (unpaired) electrons. The smallest absolute Gasteiger partial charge is 0.287 e. The molecule has 0 aliphatic heterocycles. The molecule has 128 valence electrons. The van der Waals surface area contributed by atoms with Crippen LogP contribution in [-0.2, 0) is 11.2 Å². The summed E-state index contributed by atoms with van der Waals surface area (Å²) in [4.78, 5) is 23.6. The van der Waals surface area contributed by atoms with Crippen molar-refractivity contribution in [1.29, 1.82) is 0 Å². The summed E-state index contributed by atoms with van der Waals surface area (Å²) in [6, 6.07) is 8.53. The predicted molar refractivity (Wildman–Crippen MR) is 87.3 cm³/mol. The lowest BCUT2D eigenvalue weighted by Crippen LogP contribution is -2.35. The topological polar surface area (TPSA) is 89.8 Å². The number of methoxy groups -OCH3 is 2. The van der Waals surface area contributed by atoms with E-state index in [4.69, 9.17) is 13.9 Å². The molecule has 0 fully saturated rings. The Labute approximate surface area is 139 Å². The molecule has 2 rings (SSSR count). The molecule has 0 unspecified atom stereocenters. The SMILES string of the molecule is COc1ccc(CC(=O)NCCNC(=O)c2ccco2)cc1OC. The Morgan fingerprint density at radius 1 is 1.04 bits per heavy atom. The standard InChI is InChI=1S/C17H20N2O5/c1-22-13-6-5-12(10-15(13)23-2)11-16(20)18-7-8-19-17(21)14-4-3-9-24-14/h3-6,9-10H,7-8,11H2,1-2H3,(H,18,20)(H,19,21). The van der Waals surface area contributed by atoms with Gasteiger partial charge in [-0.25, -0.2) is 0 Å². The average molecular weight is 332 g/mol. The van der Waals surface area contributed by atoms with Crippen LogP contribution in [0, 0.1) is 0 Å². The minimum atomic E-state index is -0.311. The Bertz CT molecular complexity index is 682. The Morgan fingerprint density at radius 3 is 2.46 bits per heavy atom. The van der Waals surface area contributed by atoms with Gasteiger partial charge in [-0.1, -0.05) is 6.07 Å². The number of rotatable bonds is 8. The number of carbonyl (C=O) groups is 2. The number of furan rings is 1. The summed E-state index contributed by atoms with van der Waals surface area (Å²) < 4.78 is 15.3. The van der Waals surface area contributed by atoms with Gasteiger partial charge >= 0.3 is 0 Å². The van der Waals surface area contributed by atoms with Crippen LogP contribution in [0.3, 0.4) is 0 Å². The van der Waals surface area contributed by atoms with Gasteiger partial charge < -0.3 is 24.5 Å². The molecule has 7 nitrogen and oxygen atoms in total. The molecule has 0 aliphatic rings.